The third kappa shape index (κ3) is 6.24. The van der Waals surface area contributed by atoms with Gasteiger partial charge in [-0.05, 0) is 31.0 Å². The van der Waals surface area contributed by atoms with E-state index >= 15 is 0 Å². The van der Waals surface area contributed by atoms with Crippen LogP contribution in [-0.2, 0) is 16.6 Å². The number of amides is 1. The average Bonchev–Trinajstić information content (AvgIpc) is 2.77. The number of carbonyl (C=O) groups excluding carboxylic acids is 1. The zero-order valence-corrected chi connectivity index (χ0v) is 18.9. The molecule has 0 aliphatic carbocycles. The van der Waals surface area contributed by atoms with Crippen LogP contribution in [-0.4, -0.2) is 35.8 Å². The van der Waals surface area contributed by atoms with Gasteiger partial charge in [0.15, 0.2) is 5.69 Å². The minimum atomic E-state index is -3.94. The van der Waals surface area contributed by atoms with Gasteiger partial charge < -0.3 is 10.1 Å². The summed E-state index contributed by atoms with van der Waals surface area (Å²) in [6.45, 7) is 6.34. The molecule has 0 saturated heterocycles. The smallest absolute Gasteiger partial charge is 0.271 e. The molecule has 0 aliphatic rings. The van der Waals surface area contributed by atoms with Crippen molar-refractivity contribution in [2.24, 2.45) is 5.92 Å². The molecule has 168 valence electrons. The fourth-order valence-electron chi connectivity index (χ4n) is 2.58. The first-order chi connectivity index (χ1) is 15.2. The number of aryl methyl sites for hydroxylation is 1. The lowest BCUT2D eigenvalue weighted by atomic mass is 10.2. The number of ether oxygens (including phenoxy) is 1. The highest BCUT2D eigenvalue weighted by molar-refractivity contribution is 7.92. The summed E-state index contributed by atoms with van der Waals surface area (Å²) in [6, 6.07) is 9.94. The van der Waals surface area contributed by atoms with E-state index in [1.807, 2.05) is 20.8 Å². The number of hydrogen-bond donors (Lipinski definition) is 2. The van der Waals surface area contributed by atoms with Gasteiger partial charge in [-0.1, -0.05) is 37.6 Å². The SMILES string of the molecule is Cc1ccc(S(=O)(=O)Nc2ncc(C(=O)NCC(C)C)nc2OCc2cccnc2)cc1. The van der Waals surface area contributed by atoms with Gasteiger partial charge in [-0.25, -0.2) is 18.4 Å². The van der Waals surface area contributed by atoms with Crippen molar-refractivity contribution in [2.45, 2.75) is 32.3 Å². The Morgan fingerprint density at radius 1 is 1.12 bits per heavy atom. The number of anilines is 1. The second-order valence-corrected chi connectivity index (χ2v) is 9.26. The number of pyridine rings is 1. The summed E-state index contributed by atoms with van der Waals surface area (Å²) in [7, 11) is -3.94. The van der Waals surface area contributed by atoms with Crippen LogP contribution in [0.3, 0.4) is 0 Å². The number of hydrogen-bond acceptors (Lipinski definition) is 7. The highest BCUT2D eigenvalue weighted by Crippen LogP contribution is 2.24. The van der Waals surface area contributed by atoms with E-state index in [1.165, 1.54) is 18.3 Å². The third-order valence-electron chi connectivity index (χ3n) is 4.30. The quantitative estimate of drug-likeness (QED) is 0.508. The number of sulfonamides is 1. The standard InChI is InChI=1S/C22H25N5O4S/c1-15(2)11-25-21(28)19-13-24-20(22(26-19)31-14-17-5-4-10-23-12-17)27-32(29,30)18-8-6-16(3)7-9-18/h4-10,12-13,15H,11,14H2,1-3H3,(H,24,27)(H,25,28). The summed E-state index contributed by atoms with van der Waals surface area (Å²) in [5, 5.41) is 2.75. The first kappa shape index (κ1) is 23.1. The van der Waals surface area contributed by atoms with Crippen molar-refractivity contribution in [2.75, 3.05) is 11.3 Å². The van der Waals surface area contributed by atoms with Crippen LogP contribution in [0.1, 0.15) is 35.5 Å². The van der Waals surface area contributed by atoms with E-state index < -0.39 is 15.9 Å². The molecule has 2 N–H and O–H groups in total. The Morgan fingerprint density at radius 2 is 1.88 bits per heavy atom. The van der Waals surface area contributed by atoms with Crippen molar-refractivity contribution >= 4 is 21.7 Å². The van der Waals surface area contributed by atoms with Gasteiger partial charge in [0.1, 0.15) is 6.61 Å². The van der Waals surface area contributed by atoms with Crippen LogP contribution in [0.2, 0.25) is 0 Å². The minimum absolute atomic E-state index is 0.0186. The number of carbonyl (C=O) groups is 1. The molecule has 0 fully saturated rings. The number of aromatic nitrogens is 3. The third-order valence-corrected chi connectivity index (χ3v) is 5.66. The molecule has 0 radical (unpaired) electrons. The molecule has 2 heterocycles. The maximum atomic E-state index is 12.8. The Hall–Kier alpha value is -3.53. The second kappa shape index (κ2) is 10.2. The molecule has 0 saturated carbocycles. The molecule has 1 aromatic carbocycles. The molecular formula is C22H25N5O4S. The molecule has 0 bridgehead atoms. The lowest BCUT2D eigenvalue weighted by Gasteiger charge is -2.14. The number of nitrogens with zero attached hydrogens (tertiary/aromatic N) is 3. The van der Waals surface area contributed by atoms with Crippen molar-refractivity contribution in [3.8, 4) is 5.88 Å². The number of benzene rings is 1. The fourth-order valence-corrected chi connectivity index (χ4v) is 3.59. The van der Waals surface area contributed by atoms with Crippen LogP contribution in [0.4, 0.5) is 5.82 Å². The van der Waals surface area contributed by atoms with Gasteiger partial charge in [-0.15, -0.1) is 0 Å². The summed E-state index contributed by atoms with van der Waals surface area (Å²) in [5.74, 6) is -0.393. The van der Waals surface area contributed by atoms with Crippen molar-refractivity contribution in [1.82, 2.24) is 20.3 Å². The maximum Gasteiger partial charge on any atom is 0.271 e. The minimum Gasteiger partial charge on any atom is -0.470 e. The highest BCUT2D eigenvalue weighted by Gasteiger charge is 2.21. The van der Waals surface area contributed by atoms with Gasteiger partial charge in [-0.2, -0.15) is 0 Å². The first-order valence-corrected chi connectivity index (χ1v) is 11.5. The van der Waals surface area contributed by atoms with Gasteiger partial charge >= 0.3 is 0 Å². The lowest BCUT2D eigenvalue weighted by Crippen LogP contribution is -2.28. The molecule has 10 heteroatoms. The van der Waals surface area contributed by atoms with Crippen LogP contribution in [0, 0.1) is 12.8 Å². The molecule has 3 rings (SSSR count). The van der Waals surface area contributed by atoms with Crippen molar-refractivity contribution in [3.05, 3.63) is 71.8 Å². The predicted molar refractivity (Wildman–Crippen MR) is 120 cm³/mol. The van der Waals surface area contributed by atoms with Gasteiger partial charge in [0.25, 0.3) is 21.8 Å². The monoisotopic (exact) mass is 455 g/mol. The normalized spacial score (nSPS) is 11.2. The summed E-state index contributed by atoms with van der Waals surface area (Å²) in [5.41, 5.74) is 1.70. The summed E-state index contributed by atoms with van der Waals surface area (Å²) in [6.07, 6.45) is 4.45. The Kier molecular flexibility index (Phi) is 7.37. The van der Waals surface area contributed by atoms with E-state index in [2.05, 4.69) is 25.0 Å². The highest BCUT2D eigenvalue weighted by atomic mass is 32.2. The molecule has 0 unspecified atom stereocenters. The molecule has 0 atom stereocenters. The van der Waals surface area contributed by atoms with Crippen LogP contribution in [0.5, 0.6) is 5.88 Å². The average molecular weight is 456 g/mol. The molecule has 32 heavy (non-hydrogen) atoms. The molecular weight excluding hydrogens is 430 g/mol. The Morgan fingerprint density at radius 3 is 2.53 bits per heavy atom. The lowest BCUT2D eigenvalue weighted by molar-refractivity contribution is 0.0942. The van der Waals surface area contributed by atoms with E-state index in [-0.39, 0.29) is 34.8 Å². The van der Waals surface area contributed by atoms with E-state index in [0.29, 0.717) is 6.54 Å². The topological polar surface area (TPSA) is 123 Å². The van der Waals surface area contributed by atoms with Crippen LogP contribution in [0.25, 0.3) is 0 Å². The predicted octanol–water partition coefficient (Wildman–Crippen LogP) is 2.95. The van der Waals surface area contributed by atoms with E-state index in [1.54, 1.807) is 36.7 Å². The van der Waals surface area contributed by atoms with E-state index in [9.17, 15) is 13.2 Å². The van der Waals surface area contributed by atoms with Crippen molar-refractivity contribution in [1.29, 1.82) is 0 Å². The van der Waals surface area contributed by atoms with Crippen LogP contribution in [0.15, 0.2) is 59.9 Å². The van der Waals surface area contributed by atoms with Crippen molar-refractivity contribution < 1.29 is 17.9 Å². The van der Waals surface area contributed by atoms with Crippen LogP contribution < -0.4 is 14.8 Å². The van der Waals surface area contributed by atoms with Gasteiger partial charge in [0.2, 0.25) is 5.82 Å². The van der Waals surface area contributed by atoms with Crippen LogP contribution >= 0.6 is 0 Å². The summed E-state index contributed by atoms with van der Waals surface area (Å²) >= 11 is 0. The van der Waals surface area contributed by atoms with Crippen molar-refractivity contribution in [3.63, 3.8) is 0 Å². The summed E-state index contributed by atoms with van der Waals surface area (Å²) in [4.78, 5) is 24.8. The molecule has 2 aromatic heterocycles. The van der Waals surface area contributed by atoms with Gasteiger partial charge in [0, 0.05) is 24.5 Å². The van der Waals surface area contributed by atoms with E-state index in [0.717, 1.165) is 11.1 Å². The Balaban J connectivity index is 1.89. The Bertz CT molecular complexity index is 1170. The number of nitrogens with one attached hydrogen (secondary N) is 2. The summed E-state index contributed by atoms with van der Waals surface area (Å²) < 4.78 is 33.7. The molecule has 9 nitrogen and oxygen atoms in total. The van der Waals surface area contributed by atoms with Gasteiger partial charge in [-0.3, -0.25) is 14.5 Å². The second-order valence-electron chi connectivity index (χ2n) is 7.58. The molecule has 1 amide bonds. The zero-order chi connectivity index (χ0) is 23.1. The zero-order valence-electron chi connectivity index (χ0n) is 18.1. The molecule has 3 aromatic rings. The van der Waals surface area contributed by atoms with Gasteiger partial charge in [0.05, 0.1) is 11.1 Å². The molecule has 0 spiro atoms. The first-order valence-electron chi connectivity index (χ1n) is 10.0. The fraction of sp³-hybridized carbons (Fsp3) is 0.273. The largest absolute Gasteiger partial charge is 0.470 e. The molecule has 0 aliphatic heterocycles. The number of rotatable bonds is 9. The van der Waals surface area contributed by atoms with E-state index in [4.69, 9.17) is 4.74 Å². The maximum absolute atomic E-state index is 12.8. The Labute approximate surface area is 187 Å².